The molecule has 5 nitrogen and oxygen atoms in total. The summed E-state index contributed by atoms with van der Waals surface area (Å²) in [6.45, 7) is 1.84. The molecule has 0 aliphatic carbocycles. The monoisotopic (exact) mass is 263 g/mol. The van der Waals surface area contributed by atoms with Gasteiger partial charge in [-0.3, -0.25) is 9.59 Å². The highest BCUT2D eigenvalue weighted by atomic mass is 35.5. The smallest absolute Gasteiger partial charge is 0.276 e. The van der Waals surface area contributed by atoms with Crippen LogP contribution in [-0.2, 0) is 0 Å². The van der Waals surface area contributed by atoms with E-state index >= 15 is 0 Å². The van der Waals surface area contributed by atoms with Crippen molar-refractivity contribution in [2.24, 2.45) is 0 Å². The molecule has 0 aliphatic heterocycles. The Bertz CT molecular complexity index is 611. The van der Waals surface area contributed by atoms with Gasteiger partial charge in [0.15, 0.2) is 0 Å². The Morgan fingerprint density at radius 3 is 2.72 bits per heavy atom. The molecule has 0 radical (unpaired) electrons. The molecule has 1 aromatic heterocycles. The maximum atomic E-state index is 11.9. The standard InChI is InChI=1S/C12H10ClN3O2/c1-7-3-2-4-8(13)11(7)14-12(18)9-5-6-10(17)16-15-9/h2-6H,1H3,(H,14,18)(H,16,17). The van der Waals surface area contributed by atoms with Crippen LogP contribution in [-0.4, -0.2) is 16.1 Å². The highest BCUT2D eigenvalue weighted by Gasteiger charge is 2.11. The van der Waals surface area contributed by atoms with Crippen molar-refractivity contribution in [1.29, 1.82) is 0 Å². The largest absolute Gasteiger partial charge is 0.319 e. The molecular formula is C12H10ClN3O2. The lowest BCUT2D eigenvalue weighted by Crippen LogP contribution is -2.18. The lowest BCUT2D eigenvalue weighted by Gasteiger charge is -2.09. The zero-order chi connectivity index (χ0) is 13.1. The van der Waals surface area contributed by atoms with Crippen LogP contribution in [0.2, 0.25) is 5.02 Å². The number of benzene rings is 1. The summed E-state index contributed by atoms with van der Waals surface area (Å²) in [5, 5.41) is 8.95. The molecule has 1 aromatic carbocycles. The van der Waals surface area contributed by atoms with Gasteiger partial charge in [0.25, 0.3) is 11.5 Å². The van der Waals surface area contributed by atoms with Crippen molar-refractivity contribution in [3.63, 3.8) is 0 Å². The fraction of sp³-hybridized carbons (Fsp3) is 0.0833. The first-order valence-corrected chi connectivity index (χ1v) is 5.58. The van der Waals surface area contributed by atoms with Gasteiger partial charge in [0.05, 0.1) is 10.7 Å². The first kappa shape index (κ1) is 12.3. The van der Waals surface area contributed by atoms with Gasteiger partial charge < -0.3 is 5.32 Å². The van der Waals surface area contributed by atoms with Crippen molar-refractivity contribution < 1.29 is 4.79 Å². The molecule has 0 saturated carbocycles. The number of hydrogen-bond donors (Lipinski definition) is 2. The Morgan fingerprint density at radius 1 is 1.33 bits per heavy atom. The zero-order valence-electron chi connectivity index (χ0n) is 9.53. The molecule has 0 aliphatic rings. The average molecular weight is 264 g/mol. The number of nitrogens with one attached hydrogen (secondary N) is 2. The molecule has 0 unspecified atom stereocenters. The minimum absolute atomic E-state index is 0.119. The van der Waals surface area contributed by atoms with Crippen molar-refractivity contribution in [3.8, 4) is 0 Å². The van der Waals surface area contributed by atoms with Crippen molar-refractivity contribution >= 4 is 23.2 Å². The zero-order valence-corrected chi connectivity index (χ0v) is 10.3. The highest BCUT2D eigenvalue weighted by Crippen LogP contribution is 2.25. The van der Waals surface area contributed by atoms with Crippen LogP contribution in [0.3, 0.4) is 0 Å². The number of aromatic amines is 1. The summed E-state index contributed by atoms with van der Waals surface area (Å²) >= 11 is 5.99. The van der Waals surface area contributed by atoms with E-state index in [-0.39, 0.29) is 11.3 Å². The van der Waals surface area contributed by atoms with Gasteiger partial charge >= 0.3 is 0 Å². The van der Waals surface area contributed by atoms with Crippen LogP contribution in [0.4, 0.5) is 5.69 Å². The lowest BCUT2D eigenvalue weighted by atomic mass is 10.2. The number of amides is 1. The topological polar surface area (TPSA) is 74.8 Å². The van der Waals surface area contributed by atoms with Crippen molar-refractivity contribution in [1.82, 2.24) is 10.2 Å². The van der Waals surface area contributed by atoms with Crippen LogP contribution < -0.4 is 10.9 Å². The average Bonchev–Trinajstić information content (AvgIpc) is 2.34. The van der Waals surface area contributed by atoms with Crippen LogP contribution in [0.5, 0.6) is 0 Å². The third kappa shape index (κ3) is 2.57. The number of aromatic nitrogens is 2. The summed E-state index contributed by atoms with van der Waals surface area (Å²) in [5.41, 5.74) is 1.15. The first-order chi connectivity index (χ1) is 8.58. The molecule has 0 spiro atoms. The Labute approximate surface area is 108 Å². The van der Waals surface area contributed by atoms with E-state index in [9.17, 15) is 9.59 Å². The Balaban J connectivity index is 2.27. The van der Waals surface area contributed by atoms with E-state index in [2.05, 4.69) is 15.5 Å². The predicted molar refractivity (Wildman–Crippen MR) is 69.0 cm³/mol. The quantitative estimate of drug-likeness (QED) is 0.870. The summed E-state index contributed by atoms with van der Waals surface area (Å²) in [7, 11) is 0. The molecule has 0 fully saturated rings. The number of anilines is 1. The van der Waals surface area contributed by atoms with E-state index in [1.165, 1.54) is 12.1 Å². The predicted octanol–water partition coefficient (Wildman–Crippen LogP) is 1.98. The third-order valence-corrected chi connectivity index (χ3v) is 2.69. The number of para-hydroxylation sites is 1. The fourth-order valence-electron chi connectivity index (χ4n) is 1.44. The van der Waals surface area contributed by atoms with Gasteiger partial charge in [0, 0.05) is 6.07 Å². The maximum absolute atomic E-state index is 11.9. The van der Waals surface area contributed by atoms with Gasteiger partial charge in [0.2, 0.25) is 0 Å². The minimum atomic E-state index is -0.428. The molecule has 0 atom stereocenters. The Kier molecular flexibility index (Phi) is 3.43. The van der Waals surface area contributed by atoms with Gasteiger partial charge in [-0.05, 0) is 24.6 Å². The van der Waals surface area contributed by atoms with Gasteiger partial charge in [0.1, 0.15) is 5.69 Å². The molecule has 2 aromatic rings. The van der Waals surface area contributed by atoms with E-state index in [0.717, 1.165) is 5.56 Å². The second-order valence-electron chi connectivity index (χ2n) is 3.69. The molecule has 0 bridgehead atoms. The number of hydrogen-bond acceptors (Lipinski definition) is 3. The highest BCUT2D eigenvalue weighted by molar-refractivity contribution is 6.34. The molecule has 2 N–H and O–H groups in total. The molecule has 1 heterocycles. The third-order valence-electron chi connectivity index (χ3n) is 2.37. The van der Waals surface area contributed by atoms with Crippen LogP contribution in [0.25, 0.3) is 0 Å². The SMILES string of the molecule is Cc1cccc(Cl)c1NC(=O)c1ccc(=O)[nH]n1. The Morgan fingerprint density at radius 2 is 2.11 bits per heavy atom. The van der Waals surface area contributed by atoms with E-state index in [1.54, 1.807) is 12.1 Å². The summed E-state index contributed by atoms with van der Waals surface area (Å²) in [6, 6.07) is 7.90. The molecular weight excluding hydrogens is 254 g/mol. The second kappa shape index (κ2) is 5.01. The van der Waals surface area contributed by atoms with E-state index in [1.807, 2.05) is 13.0 Å². The molecule has 1 amide bonds. The van der Waals surface area contributed by atoms with Crippen molar-refractivity contribution in [2.75, 3.05) is 5.32 Å². The van der Waals surface area contributed by atoms with Gasteiger partial charge in [-0.2, -0.15) is 5.10 Å². The molecule has 6 heteroatoms. The number of carbonyl (C=O) groups excluding carboxylic acids is 1. The van der Waals surface area contributed by atoms with Gasteiger partial charge in [-0.15, -0.1) is 0 Å². The van der Waals surface area contributed by atoms with Crippen molar-refractivity contribution in [3.05, 3.63) is 57.0 Å². The number of carbonyl (C=O) groups is 1. The van der Waals surface area contributed by atoms with Crippen LogP contribution in [0, 0.1) is 6.92 Å². The summed E-state index contributed by atoms with van der Waals surface area (Å²) in [4.78, 5) is 22.7. The van der Waals surface area contributed by atoms with E-state index in [4.69, 9.17) is 11.6 Å². The summed E-state index contributed by atoms with van der Waals surface area (Å²) in [5.74, 6) is -0.428. The minimum Gasteiger partial charge on any atom is -0.319 e. The fourth-order valence-corrected chi connectivity index (χ4v) is 1.71. The molecule has 92 valence electrons. The number of aryl methyl sites for hydroxylation is 1. The molecule has 18 heavy (non-hydrogen) atoms. The van der Waals surface area contributed by atoms with Crippen LogP contribution in [0.1, 0.15) is 16.1 Å². The molecule has 2 rings (SSSR count). The number of H-pyrrole nitrogens is 1. The second-order valence-corrected chi connectivity index (χ2v) is 4.10. The van der Waals surface area contributed by atoms with Gasteiger partial charge in [-0.1, -0.05) is 23.7 Å². The summed E-state index contributed by atoms with van der Waals surface area (Å²) in [6.07, 6.45) is 0. The van der Waals surface area contributed by atoms with Crippen LogP contribution in [0.15, 0.2) is 35.1 Å². The summed E-state index contributed by atoms with van der Waals surface area (Å²) < 4.78 is 0. The first-order valence-electron chi connectivity index (χ1n) is 5.20. The normalized spacial score (nSPS) is 10.1. The van der Waals surface area contributed by atoms with Crippen molar-refractivity contribution in [2.45, 2.75) is 6.92 Å². The number of halogens is 1. The Hall–Kier alpha value is -2.14. The van der Waals surface area contributed by atoms with Gasteiger partial charge in [-0.25, -0.2) is 5.10 Å². The lowest BCUT2D eigenvalue weighted by molar-refractivity contribution is 0.102. The number of rotatable bonds is 2. The number of nitrogens with zero attached hydrogens (tertiary/aromatic N) is 1. The van der Waals surface area contributed by atoms with E-state index < -0.39 is 5.91 Å². The van der Waals surface area contributed by atoms with Crippen LogP contribution >= 0.6 is 11.6 Å². The maximum Gasteiger partial charge on any atom is 0.276 e. The molecule has 0 saturated heterocycles. The van der Waals surface area contributed by atoms with E-state index in [0.29, 0.717) is 10.7 Å².